The molecule has 1 saturated carbocycles. The van der Waals surface area contributed by atoms with Crippen molar-refractivity contribution < 1.29 is 28.5 Å². The lowest BCUT2D eigenvalue weighted by atomic mass is 9.68. The van der Waals surface area contributed by atoms with Crippen LogP contribution in [0, 0.1) is 23.7 Å². The molecule has 4 saturated heterocycles. The van der Waals surface area contributed by atoms with Crippen molar-refractivity contribution in [2.24, 2.45) is 23.7 Å². The first kappa shape index (κ1) is 25.0. The topological polar surface area (TPSA) is 84.1 Å². The molecule has 5 rings (SSSR count). The number of methoxy groups -OCH3 is 1. The SMILES string of the molecule is CO[C@H]1C([C@@]2(C)O[C@@H]2CC=C(C)C)[C@]2(CC[C@H]1OC(=O)N1C[C@@H]3CN(C(=O)C(C)C)C[C@@H]3C1)CO2. The van der Waals surface area contributed by atoms with E-state index in [9.17, 15) is 9.59 Å². The van der Waals surface area contributed by atoms with E-state index in [4.69, 9.17) is 18.9 Å². The molecule has 0 aromatic heterocycles. The molecule has 1 aliphatic carbocycles. The zero-order valence-electron chi connectivity index (χ0n) is 22.1. The monoisotopic (exact) mass is 490 g/mol. The van der Waals surface area contributed by atoms with Gasteiger partial charge in [-0.05, 0) is 40.0 Å². The number of nitrogens with zero attached hydrogens (tertiary/aromatic N) is 2. The maximum Gasteiger partial charge on any atom is 0.410 e. The van der Waals surface area contributed by atoms with Gasteiger partial charge >= 0.3 is 6.09 Å². The highest BCUT2D eigenvalue weighted by atomic mass is 16.6. The Hall–Kier alpha value is -1.64. The van der Waals surface area contributed by atoms with Crippen molar-refractivity contribution in [2.75, 3.05) is 39.9 Å². The van der Waals surface area contributed by atoms with Crippen LogP contribution in [0.3, 0.4) is 0 Å². The predicted molar refractivity (Wildman–Crippen MR) is 130 cm³/mol. The number of fused-ring (bicyclic) bond motifs is 1. The summed E-state index contributed by atoms with van der Waals surface area (Å²) in [7, 11) is 1.71. The van der Waals surface area contributed by atoms with E-state index in [2.05, 4.69) is 26.8 Å². The number of carbonyl (C=O) groups is 2. The number of hydrogen-bond acceptors (Lipinski definition) is 6. The maximum absolute atomic E-state index is 13.2. The lowest BCUT2D eigenvalue weighted by molar-refractivity contribution is -0.133. The molecule has 8 heteroatoms. The van der Waals surface area contributed by atoms with Crippen molar-refractivity contribution in [3.8, 4) is 0 Å². The van der Waals surface area contributed by atoms with Crippen molar-refractivity contribution in [2.45, 2.75) is 83.4 Å². The standard InChI is InChI=1S/C27H42N2O6/c1-16(2)7-8-21-26(5,35-21)23-22(32-6)20(9-10-27(23)15-33-27)34-25(31)29-13-18-11-28(12-19(18)14-29)24(30)17(3)4/h7,17-23H,8-15H2,1-6H3/t18-,19+,20-,21-,22-,23?,26+,27+/m1/s1. The molecule has 5 fully saturated rings. The lowest BCUT2D eigenvalue weighted by Gasteiger charge is -2.43. The number of allylic oxidation sites excluding steroid dienone is 1. The third-order valence-corrected chi connectivity index (χ3v) is 9.04. The summed E-state index contributed by atoms with van der Waals surface area (Å²) in [6.45, 7) is 13.7. The van der Waals surface area contributed by atoms with Crippen molar-refractivity contribution >= 4 is 12.0 Å². The van der Waals surface area contributed by atoms with Gasteiger partial charge < -0.3 is 28.7 Å². The van der Waals surface area contributed by atoms with Crippen LogP contribution in [0.4, 0.5) is 4.79 Å². The van der Waals surface area contributed by atoms with Crippen LogP contribution in [-0.4, -0.2) is 91.2 Å². The average molecular weight is 491 g/mol. The molecule has 5 aliphatic rings. The van der Waals surface area contributed by atoms with Crippen LogP contribution in [0.5, 0.6) is 0 Å². The Morgan fingerprint density at radius 3 is 2.29 bits per heavy atom. The number of hydrogen-bond donors (Lipinski definition) is 0. The molecule has 1 unspecified atom stereocenters. The normalized spacial score (nSPS) is 41.8. The lowest BCUT2D eigenvalue weighted by Crippen LogP contribution is -2.56. The molecule has 4 aliphatic heterocycles. The Balaban J connectivity index is 1.21. The molecule has 8 nitrogen and oxygen atoms in total. The summed E-state index contributed by atoms with van der Waals surface area (Å²) in [5, 5.41) is 0. The quantitative estimate of drug-likeness (QED) is 0.420. The predicted octanol–water partition coefficient (Wildman–Crippen LogP) is 3.25. The third kappa shape index (κ3) is 4.51. The van der Waals surface area contributed by atoms with Crippen molar-refractivity contribution in [3.63, 3.8) is 0 Å². The van der Waals surface area contributed by atoms with Crippen molar-refractivity contribution in [1.82, 2.24) is 9.80 Å². The minimum Gasteiger partial charge on any atom is -0.443 e. The molecule has 1 spiro atoms. The molecule has 0 radical (unpaired) electrons. The molecule has 2 amide bonds. The van der Waals surface area contributed by atoms with Gasteiger partial charge in [-0.3, -0.25) is 4.79 Å². The van der Waals surface area contributed by atoms with Crippen LogP contribution in [0.2, 0.25) is 0 Å². The second-order valence-electron chi connectivity index (χ2n) is 12.1. The molecular weight excluding hydrogens is 448 g/mol. The number of epoxide rings is 2. The maximum atomic E-state index is 13.2. The minimum atomic E-state index is -0.342. The van der Waals surface area contributed by atoms with Crippen LogP contribution in [0.1, 0.15) is 53.9 Å². The summed E-state index contributed by atoms with van der Waals surface area (Å²) < 4.78 is 24.4. The van der Waals surface area contributed by atoms with E-state index in [0.717, 1.165) is 32.4 Å². The van der Waals surface area contributed by atoms with Crippen LogP contribution < -0.4 is 0 Å². The first-order valence-corrected chi connectivity index (χ1v) is 13.3. The molecule has 8 atom stereocenters. The largest absolute Gasteiger partial charge is 0.443 e. The first-order chi connectivity index (χ1) is 16.6. The molecule has 0 aromatic rings. The Morgan fingerprint density at radius 1 is 1.11 bits per heavy atom. The number of amides is 2. The van der Waals surface area contributed by atoms with Crippen molar-refractivity contribution in [1.29, 1.82) is 0 Å². The highest BCUT2D eigenvalue weighted by Crippen LogP contribution is 2.59. The van der Waals surface area contributed by atoms with Gasteiger partial charge in [0, 0.05) is 51.0 Å². The average Bonchev–Trinajstić information content (AvgIpc) is 3.60. The Morgan fingerprint density at radius 2 is 1.74 bits per heavy atom. The first-order valence-electron chi connectivity index (χ1n) is 13.3. The molecule has 0 bridgehead atoms. The molecule has 0 aromatic carbocycles. The van der Waals surface area contributed by atoms with Gasteiger partial charge in [0.25, 0.3) is 0 Å². The number of likely N-dealkylation sites (tertiary alicyclic amines) is 2. The van der Waals surface area contributed by atoms with Gasteiger partial charge in [-0.2, -0.15) is 0 Å². The van der Waals surface area contributed by atoms with Crippen LogP contribution >= 0.6 is 0 Å². The van der Waals surface area contributed by atoms with Gasteiger partial charge in [0.2, 0.25) is 5.91 Å². The number of ether oxygens (including phenoxy) is 4. The number of rotatable bonds is 6. The van der Waals surface area contributed by atoms with E-state index in [1.807, 2.05) is 23.6 Å². The molecule has 0 N–H and O–H groups in total. The summed E-state index contributed by atoms with van der Waals surface area (Å²) in [5.41, 5.74) is 0.714. The van der Waals surface area contributed by atoms with E-state index in [-0.39, 0.29) is 53.4 Å². The van der Waals surface area contributed by atoms with Gasteiger partial charge in [-0.15, -0.1) is 0 Å². The summed E-state index contributed by atoms with van der Waals surface area (Å²) in [6, 6.07) is 0. The smallest absolute Gasteiger partial charge is 0.410 e. The molecule has 35 heavy (non-hydrogen) atoms. The fraction of sp³-hybridized carbons (Fsp3) is 0.852. The second kappa shape index (κ2) is 9.03. The van der Waals surface area contributed by atoms with Crippen LogP contribution in [-0.2, 0) is 23.7 Å². The fourth-order valence-corrected chi connectivity index (χ4v) is 6.96. The van der Waals surface area contributed by atoms with E-state index >= 15 is 0 Å². The zero-order valence-corrected chi connectivity index (χ0v) is 22.1. The fourth-order valence-electron chi connectivity index (χ4n) is 6.96. The van der Waals surface area contributed by atoms with Gasteiger partial charge in [0.1, 0.15) is 23.4 Å². The van der Waals surface area contributed by atoms with E-state index in [0.29, 0.717) is 31.5 Å². The van der Waals surface area contributed by atoms with Gasteiger partial charge in [0.05, 0.1) is 18.6 Å². The minimum absolute atomic E-state index is 0.0118. The molecule has 196 valence electrons. The van der Waals surface area contributed by atoms with Crippen molar-refractivity contribution in [3.05, 3.63) is 11.6 Å². The van der Waals surface area contributed by atoms with Gasteiger partial charge in [0.15, 0.2) is 0 Å². The Labute approximate surface area is 209 Å². The molecule has 4 heterocycles. The highest BCUT2D eigenvalue weighted by molar-refractivity contribution is 5.78. The highest BCUT2D eigenvalue weighted by Gasteiger charge is 2.72. The summed E-state index contributed by atoms with van der Waals surface area (Å²) in [4.78, 5) is 29.4. The van der Waals surface area contributed by atoms with E-state index in [1.54, 1.807) is 7.11 Å². The van der Waals surface area contributed by atoms with E-state index < -0.39 is 0 Å². The summed E-state index contributed by atoms with van der Waals surface area (Å²) >= 11 is 0. The molecular formula is C27H42N2O6. The second-order valence-corrected chi connectivity index (χ2v) is 12.1. The third-order valence-electron chi connectivity index (χ3n) is 9.04. The zero-order chi connectivity index (χ0) is 25.1. The van der Waals surface area contributed by atoms with E-state index in [1.165, 1.54) is 5.57 Å². The summed E-state index contributed by atoms with van der Waals surface area (Å²) in [6.07, 6.45) is 3.95. The number of carbonyl (C=O) groups excluding carboxylic acids is 2. The van der Waals surface area contributed by atoms with Crippen LogP contribution in [0.25, 0.3) is 0 Å². The Kier molecular flexibility index (Phi) is 6.46. The van der Waals surface area contributed by atoms with Crippen LogP contribution in [0.15, 0.2) is 11.6 Å². The van der Waals surface area contributed by atoms with Gasteiger partial charge in [-0.25, -0.2) is 4.79 Å². The Bertz CT molecular complexity index is 867. The summed E-state index contributed by atoms with van der Waals surface area (Å²) in [5.74, 6) is 0.911. The van der Waals surface area contributed by atoms with Gasteiger partial charge in [-0.1, -0.05) is 25.5 Å².